The average Bonchev–Trinajstić information content (AvgIpc) is 2.59. The predicted molar refractivity (Wildman–Crippen MR) is 86.5 cm³/mol. The summed E-state index contributed by atoms with van der Waals surface area (Å²) in [6.07, 6.45) is 0. The maximum Gasteiger partial charge on any atom is 0.256 e. The molecule has 0 saturated carbocycles. The Kier molecular flexibility index (Phi) is 5.21. The summed E-state index contributed by atoms with van der Waals surface area (Å²) in [5.74, 6) is 0.570. The van der Waals surface area contributed by atoms with Crippen LogP contribution in [0.3, 0.4) is 0 Å². The van der Waals surface area contributed by atoms with E-state index in [9.17, 15) is 10.1 Å². The molecule has 0 bridgehead atoms. The Morgan fingerprint density at radius 1 is 1.17 bits per heavy atom. The summed E-state index contributed by atoms with van der Waals surface area (Å²) in [5.41, 5.74) is 2.03. The number of rotatable bonds is 5. The first kappa shape index (κ1) is 16.4. The van der Waals surface area contributed by atoms with Crippen molar-refractivity contribution in [3.8, 4) is 17.6 Å². The van der Waals surface area contributed by atoms with E-state index in [1.165, 1.54) is 14.2 Å². The molecular weight excluding hydrogens is 292 g/mol. The largest absolute Gasteiger partial charge is 0.497 e. The number of methoxy groups -OCH3 is 2. The summed E-state index contributed by atoms with van der Waals surface area (Å²) in [6, 6.07) is 13.8. The molecule has 118 valence electrons. The fourth-order valence-corrected chi connectivity index (χ4v) is 2.29. The van der Waals surface area contributed by atoms with E-state index >= 15 is 0 Å². The zero-order valence-corrected chi connectivity index (χ0v) is 13.3. The maximum absolute atomic E-state index is 12.5. The van der Waals surface area contributed by atoms with Crippen LogP contribution in [0.25, 0.3) is 0 Å². The van der Waals surface area contributed by atoms with Crippen LogP contribution in [0.1, 0.15) is 27.5 Å². The number of benzene rings is 2. The fourth-order valence-electron chi connectivity index (χ4n) is 2.29. The van der Waals surface area contributed by atoms with Crippen LogP contribution in [0, 0.1) is 18.3 Å². The van der Waals surface area contributed by atoms with E-state index in [1.807, 2.05) is 31.2 Å². The molecule has 1 unspecified atom stereocenters. The number of nitrogens with zero attached hydrogens (tertiary/aromatic N) is 1. The van der Waals surface area contributed by atoms with Gasteiger partial charge in [-0.05, 0) is 36.2 Å². The first-order chi connectivity index (χ1) is 11.1. The lowest BCUT2D eigenvalue weighted by Gasteiger charge is -2.16. The predicted octanol–water partition coefficient (Wildman–Crippen LogP) is 3.01. The van der Waals surface area contributed by atoms with E-state index < -0.39 is 11.9 Å². The van der Waals surface area contributed by atoms with Gasteiger partial charge in [0.25, 0.3) is 5.91 Å². The summed E-state index contributed by atoms with van der Waals surface area (Å²) >= 11 is 0. The molecule has 1 amide bonds. The minimum absolute atomic E-state index is 0.320. The van der Waals surface area contributed by atoms with Crippen LogP contribution in [-0.4, -0.2) is 20.1 Å². The normalized spacial score (nSPS) is 11.2. The van der Waals surface area contributed by atoms with Gasteiger partial charge in [0.1, 0.15) is 17.5 Å². The molecule has 0 saturated heterocycles. The van der Waals surface area contributed by atoms with E-state index in [1.54, 1.807) is 18.2 Å². The van der Waals surface area contributed by atoms with Crippen molar-refractivity contribution in [3.05, 3.63) is 59.2 Å². The van der Waals surface area contributed by atoms with Crippen molar-refractivity contribution in [1.82, 2.24) is 5.32 Å². The van der Waals surface area contributed by atoms with Gasteiger partial charge < -0.3 is 14.8 Å². The summed E-state index contributed by atoms with van der Waals surface area (Å²) in [6.45, 7) is 1.90. The summed E-state index contributed by atoms with van der Waals surface area (Å²) in [7, 11) is 3.01. The number of amides is 1. The molecule has 23 heavy (non-hydrogen) atoms. The summed E-state index contributed by atoms with van der Waals surface area (Å²) in [4.78, 5) is 12.5. The van der Waals surface area contributed by atoms with Crippen LogP contribution >= 0.6 is 0 Å². The Labute approximate surface area is 135 Å². The Morgan fingerprint density at radius 3 is 2.52 bits per heavy atom. The van der Waals surface area contributed by atoms with Gasteiger partial charge in [-0.15, -0.1) is 0 Å². The Bertz CT molecular complexity index is 750. The second-order valence-corrected chi connectivity index (χ2v) is 4.96. The number of ether oxygens (including phenoxy) is 2. The van der Waals surface area contributed by atoms with E-state index in [2.05, 4.69) is 11.4 Å². The van der Waals surface area contributed by atoms with Gasteiger partial charge in [0, 0.05) is 0 Å². The first-order valence-electron chi connectivity index (χ1n) is 7.08. The van der Waals surface area contributed by atoms with Crippen LogP contribution in [0.4, 0.5) is 0 Å². The molecule has 0 fully saturated rings. The average molecular weight is 310 g/mol. The Hall–Kier alpha value is -3.00. The lowest BCUT2D eigenvalue weighted by atomic mass is 10.0. The van der Waals surface area contributed by atoms with Crippen LogP contribution in [0.2, 0.25) is 0 Å². The highest BCUT2D eigenvalue weighted by atomic mass is 16.5. The van der Waals surface area contributed by atoms with Crippen molar-refractivity contribution in [2.45, 2.75) is 13.0 Å². The number of carbonyl (C=O) groups excluding carboxylic acids is 1. The number of aryl methyl sites for hydroxylation is 1. The molecule has 2 aromatic rings. The number of nitrogens with one attached hydrogen (secondary N) is 1. The Morgan fingerprint density at radius 2 is 1.91 bits per heavy atom. The van der Waals surface area contributed by atoms with Gasteiger partial charge in [-0.2, -0.15) is 5.26 Å². The van der Waals surface area contributed by atoms with Crippen LogP contribution in [-0.2, 0) is 0 Å². The zero-order chi connectivity index (χ0) is 16.8. The molecule has 1 N–H and O–H groups in total. The standard InChI is InChI=1S/C18H18N2O3/c1-12-6-4-5-7-14(12)16(11-19)20-18(21)15-10-13(22-2)8-9-17(15)23-3/h4-10,16H,1-3H3,(H,20,21). The van der Waals surface area contributed by atoms with Crippen LogP contribution < -0.4 is 14.8 Å². The molecule has 0 aliphatic heterocycles. The molecule has 5 nitrogen and oxygen atoms in total. The van der Waals surface area contributed by atoms with Crippen molar-refractivity contribution in [2.75, 3.05) is 14.2 Å². The van der Waals surface area contributed by atoms with E-state index in [4.69, 9.17) is 9.47 Å². The molecule has 0 spiro atoms. The molecule has 2 rings (SSSR count). The second kappa shape index (κ2) is 7.32. The number of nitriles is 1. The van der Waals surface area contributed by atoms with Crippen LogP contribution in [0.5, 0.6) is 11.5 Å². The number of carbonyl (C=O) groups is 1. The minimum Gasteiger partial charge on any atom is -0.497 e. The molecule has 2 aromatic carbocycles. The lowest BCUT2D eigenvalue weighted by Crippen LogP contribution is -2.28. The van der Waals surface area contributed by atoms with Gasteiger partial charge in [-0.1, -0.05) is 24.3 Å². The first-order valence-corrected chi connectivity index (χ1v) is 7.08. The molecular formula is C18H18N2O3. The van der Waals surface area contributed by atoms with Crippen LogP contribution in [0.15, 0.2) is 42.5 Å². The van der Waals surface area contributed by atoms with Gasteiger partial charge in [0.15, 0.2) is 0 Å². The van der Waals surface area contributed by atoms with Gasteiger partial charge in [0.05, 0.1) is 25.9 Å². The third-order valence-corrected chi connectivity index (χ3v) is 3.56. The van der Waals surface area contributed by atoms with Crippen molar-refractivity contribution < 1.29 is 14.3 Å². The summed E-state index contributed by atoms with van der Waals surface area (Å²) < 4.78 is 10.4. The number of hydrogen-bond acceptors (Lipinski definition) is 4. The van der Waals surface area contributed by atoms with Crippen molar-refractivity contribution >= 4 is 5.91 Å². The quantitative estimate of drug-likeness (QED) is 0.921. The van der Waals surface area contributed by atoms with Gasteiger partial charge in [-0.25, -0.2) is 0 Å². The monoisotopic (exact) mass is 310 g/mol. The molecule has 0 aromatic heterocycles. The molecule has 0 heterocycles. The van der Waals surface area contributed by atoms with E-state index in [-0.39, 0.29) is 0 Å². The zero-order valence-electron chi connectivity index (χ0n) is 13.3. The molecule has 0 radical (unpaired) electrons. The highest BCUT2D eigenvalue weighted by molar-refractivity contribution is 5.97. The maximum atomic E-state index is 12.5. The second-order valence-electron chi connectivity index (χ2n) is 4.96. The van der Waals surface area contributed by atoms with Crippen molar-refractivity contribution in [3.63, 3.8) is 0 Å². The molecule has 5 heteroatoms. The molecule has 0 aliphatic rings. The molecule has 0 aliphatic carbocycles. The topological polar surface area (TPSA) is 71.3 Å². The third kappa shape index (κ3) is 3.61. The van der Waals surface area contributed by atoms with Gasteiger partial charge in [0.2, 0.25) is 0 Å². The highest BCUT2D eigenvalue weighted by Crippen LogP contribution is 2.25. The van der Waals surface area contributed by atoms with Crippen molar-refractivity contribution in [1.29, 1.82) is 5.26 Å². The Balaban J connectivity index is 2.31. The van der Waals surface area contributed by atoms with Gasteiger partial charge >= 0.3 is 0 Å². The van der Waals surface area contributed by atoms with Crippen molar-refractivity contribution in [2.24, 2.45) is 0 Å². The lowest BCUT2D eigenvalue weighted by molar-refractivity contribution is 0.0941. The van der Waals surface area contributed by atoms with Gasteiger partial charge in [-0.3, -0.25) is 4.79 Å². The molecule has 1 atom stereocenters. The smallest absolute Gasteiger partial charge is 0.256 e. The highest BCUT2D eigenvalue weighted by Gasteiger charge is 2.19. The number of hydrogen-bond donors (Lipinski definition) is 1. The fraction of sp³-hybridized carbons (Fsp3) is 0.222. The third-order valence-electron chi connectivity index (χ3n) is 3.56. The van der Waals surface area contributed by atoms with E-state index in [0.717, 1.165) is 11.1 Å². The minimum atomic E-state index is -0.736. The SMILES string of the molecule is COc1ccc(OC)c(C(=O)NC(C#N)c2ccccc2C)c1. The van der Waals surface area contributed by atoms with E-state index in [0.29, 0.717) is 17.1 Å². The summed E-state index contributed by atoms with van der Waals surface area (Å²) in [5, 5.41) is 12.1.